The molecule has 10 rings (SSSR count). The molecule has 15 nitrogen and oxygen atoms in total. The van der Waals surface area contributed by atoms with E-state index in [0.29, 0.717) is 22.8 Å². The molecular weight excluding hydrogens is 866 g/mol. The van der Waals surface area contributed by atoms with E-state index < -0.39 is 0 Å². The second-order valence-electron chi connectivity index (χ2n) is 16.7. The number of halogens is 1. The van der Waals surface area contributed by atoms with Crippen LogP contribution in [0.15, 0.2) is 122 Å². The largest absolute Gasteiger partial charge is 0.399 e. The van der Waals surface area contributed by atoms with Crippen LogP contribution in [0, 0.1) is 22.7 Å². The number of ketones is 1. The summed E-state index contributed by atoms with van der Waals surface area (Å²) < 4.78 is 11.5. The number of carbonyl (C=O) groups is 2. The zero-order valence-corrected chi connectivity index (χ0v) is 37.7. The van der Waals surface area contributed by atoms with Crippen LogP contribution in [-0.2, 0) is 9.47 Å². The predicted molar refractivity (Wildman–Crippen MR) is 258 cm³/mol. The third-order valence-electron chi connectivity index (χ3n) is 12.3. The molecule has 6 heterocycles. The Balaban J connectivity index is 0.000000151. The Hall–Kier alpha value is -7.43. The third kappa shape index (κ3) is 11.7. The highest BCUT2D eigenvalue weighted by Gasteiger charge is 2.45. The van der Waals surface area contributed by atoms with E-state index in [1.807, 2.05) is 54.6 Å². The summed E-state index contributed by atoms with van der Waals surface area (Å²) in [7, 11) is 0. The molecule has 2 spiro atoms. The lowest BCUT2D eigenvalue weighted by molar-refractivity contribution is -0.131. The van der Waals surface area contributed by atoms with Crippen molar-refractivity contribution in [2.24, 2.45) is 0 Å². The van der Waals surface area contributed by atoms with Crippen LogP contribution >= 0.6 is 11.6 Å². The van der Waals surface area contributed by atoms with Crippen LogP contribution in [0.1, 0.15) is 59.2 Å². The fraction of sp³-hybridized carbons (Fsp3) is 0.294. The molecule has 2 atom stereocenters. The number of anilines is 5. The summed E-state index contributed by atoms with van der Waals surface area (Å²) in [5.74, 6) is 0.189. The number of hydrogen-bond donors (Lipinski definition) is 3. The standard InChI is InChI=1S/C25H24N6O2.C14H10ClN3O.C12H16N2O/c26-12-14-27-23(32)19-3-1-18(2-4-19)22-9-13-28-24(30-22)29-20-5-7-21(8-6-20)31-15-10-25(17-31)11-16-33-25;15-14-17-9-7-12(18-14)10-3-5-11(6-4-10)13(19)2-1-8-16;13-10-1-3-11(4-2-10)14-7-5-12(9-14)6-8-15-12/h1-9,13H,10-11,14-17H2,(H,27,32)(H,28,29,30);3-7,9H,1-2H2;1-4H,5-9,13H2/t25-;;12-/m0.0/s1. The molecule has 1 amide bonds. The van der Waals surface area contributed by atoms with Gasteiger partial charge in [0.25, 0.3) is 5.91 Å². The summed E-state index contributed by atoms with van der Waals surface area (Å²) in [4.78, 5) is 45.3. The highest BCUT2D eigenvalue weighted by molar-refractivity contribution is 6.28. The molecule has 67 heavy (non-hydrogen) atoms. The molecule has 340 valence electrons. The first kappa shape index (κ1) is 46.1. The second kappa shape index (κ2) is 21.3. The first-order valence-electron chi connectivity index (χ1n) is 22.2. The van der Waals surface area contributed by atoms with Gasteiger partial charge in [0.15, 0.2) is 5.78 Å². The summed E-state index contributed by atoms with van der Waals surface area (Å²) in [6.45, 7) is 5.93. The minimum absolute atomic E-state index is 0.0181. The molecule has 0 unspecified atom stereocenters. The van der Waals surface area contributed by atoms with Gasteiger partial charge < -0.3 is 35.6 Å². The van der Waals surface area contributed by atoms with Crippen molar-refractivity contribution in [3.63, 3.8) is 0 Å². The number of nitriles is 2. The van der Waals surface area contributed by atoms with Gasteiger partial charge in [-0.25, -0.2) is 19.9 Å². The average Bonchev–Trinajstić information content (AvgIpc) is 4.02. The monoisotopic (exact) mass is 915 g/mol. The van der Waals surface area contributed by atoms with Crippen molar-refractivity contribution in [1.29, 1.82) is 10.5 Å². The van der Waals surface area contributed by atoms with E-state index in [2.05, 4.69) is 64.6 Å². The highest BCUT2D eigenvalue weighted by atomic mass is 35.5. The molecule has 4 aliphatic rings. The Bertz CT molecular complexity index is 2730. The lowest BCUT2D eigenvalue weighted by Crippen LogP contribution is -2.45. The van der Waals surface area contributed by atoms with Crippen molar-refractivity contribution in [1.82, 2.24) is 25.3 Å². The van der Waals surface area contributed by atoms with E-state index in [1.54, 1.807) is 54.9 Å². The quantitative estimate of drug-likeness (QED) is 0.0483. The number of benzene rings is 4. The summed E-state index contributed by atoms with van der Waals surface area (Å²) >= 11 is 5.73. The maximum Gasteiger partial charge on any atom is 0.252 e. The van der Waals surface area contributed by atoms with Crippen LogP contribution in [0.5, 0.6) is 0 Å². The highest BCUT2D eigenvalue weighted by Crippen LogP contribution is 2.39. The molecule has 0 saturated carbocycles. The third-order valence-corrected chi connectivity index (χ3v) is 12.5. The zero-order chi connectivity index (χ0) is 46.6. The Kier molecular flexibility index (Phi) is 14.6. The topological polar surface area (TPSA) is 208 Å². The minimum Gasteiger partial charge on any atom is -0.399 e. The fourth-order valence-corrected chi connectivity index (χ4v) is 8.50. The molecule has 4 aliphatic heterocycles. The molecule has 4 aromatic carbocycles. The van der Waals surface area contributed by atoms with Gasteiger partial charge in [-0.2, -0.15) is 10.5 Å². The molecular formula is C51H50ClN11O4. The van der Waals surface area contributed by atoms with Crippen LogP contribution < -0.4 is 26.2 Å². The van der Waals surface area contributed by atoms with Crippen LogP contribution in [0.3, 0.4) is 0 Å². The van der Waals surface area contributed by atoms with Gasteiger partial charge in [0.05, 0.1) is 47.9 Å². The fourth-order valence-electron chi connectivity index (χ4n) is 8.36. The molecule has 4 saturated heterocycles. The first-order valence-corrected chi connectivity index (χ1v) is 22.6. The number of nitrogen functional groups attached to an aromatic ring is 1. The normalized spacial score (nSPS) is 18.8. The van der Waals surface area contributed by atoms with Crippen LogP contribution in [-0.4, -0.2) is 88.8 Å². The molecule has 0 aliphatic carbocycles. The van der Waals surface area contributed by atoms with Crippen LogP contribution in [0.4, 0.5) is 28.7 Å². The van der Waals surface area contributed by atoms with Gasteiger partial charge in [0, 0.05) is 109 Å². The molecule has 16 heteroatoms. The molecule has 4 fully saturated rings. The van der Waals surface area contributed by atoms with Crippen LogP contribution in [0.25, 0.3) is 22.5 Å². The number of carbonyl (C=O) groups excluding carboxylic acids is 2. The number of ether oxygens (including phenoxy) is 2. The Labute approximate surface area is 394 Å². The SMILES string of the molecule is N#CCCC(=O)c1ccc(-c2ccnc(Cl)n2)cc1.N#CCNC(=O)c1ccc(-c2ccnc(Nc3ccc(N4CC[C@]5(CCO5)C4)cc3)n2)cc1.Nc1ccc(N2CC[C@]3(CCO3)C2)cc1. The number of Topliss-reactive ketones (excluding diaryl/α,β-unsaturated/α-hetero) is 1. The smallest absolute Gasteiger partial charge is 0.252 e. The van der Waals surface area contributed by atoms with Gasteiger partial charge in [-0.1, -0.05) is 36.4 Å². The van der Waals surface area contributed by atoms with Crippen molar-refractivity contribution < 1.29 is 19.1 Å². The molecule has 4 N–H and O–H groups in total. The number of nitrogens with zero attached hydrogens (tertiary/aromatic N) is 8. The van der Waals surface area contributed by atoms with E-state index in [0.717, 1.165) is 86.9 Å². The number of hydrogen-bond acceptors (Lipinski definition) is 14. The maximum atomic E-state index is 12.0. The number of aromatic nitrogens is 4. The molecule has 2 aromatic heterocycles. The van der Waals surface area contributed by atoms with Crippen molar-refractivity contribution in [3.05, 3.63) is 138 Å². The first-order chi connectivity index (χ1) is 32.6. The summed E-state index contributed by atoms with van der Waals surface area (Å²) in [5, 5.41) is 23.0. The van der Waals surface area contributed by atoms with E-state index in [-0.39, 0.29) is 47.6 Å². The van der Waals surface area contributed by atoms with E-state index in [9.17, 15) is 9.59 Å². The molecule has 6 aromatic rings. The van der Waals surface area contributed by atoms with E-state index >= 15 is 0 Å². The molecule has 0 radical (unpaired) electrons. The number of amides is 1. The lowest BCUT2D eigenvalue weighted by Gasteiger charge is -2.38. The van der Waals surface area contributed by atoms with Gasteiger partial charge in [0.2, 0.25) is 11.2 Å². The Morgan fingerprint density at radius 1 is 0.687 bits per heavy atom. The van der Waals surface area contributed by atoms with Gasteiger partial charge in [-0.3, -0.25) is 9.59 Å². The number of rotatable bonds is 11. The summed E-state index contributed by atoms with van der Waals surface area (Å²) in [5.41, 5.74) is 14.4. The van der Waals surface area contributed by atoms with E-state index in [4.69, 9.17) is 37.3 Å². The Morgan fingerprint density at radius 3 is 1.73 bits per heavy atom. The van der Waals surface area contributed by atoms with Gasteiger partial charge in [0.1, 0.15) is 6.54 Å². The summed E-state index contributed by atoms with van der Waals surface area (Å²) in [6.07, 6.45) is 8.41. The Morgan fingerprint density at radius 2 is 1.22 bits per heavy atom. The van der Waals surface area contributed by atoms with Crippen molar-refractivity contribution in [2.45, 2.75) is 49.7 Å². The zero-order valence-electron chi connectivity index (χ0n) is 36.9. The predicted octanol–water partition coefficient (Wildman–Crippen LogP) is 8.43. The van der Waals surface area contributed by atoms with Gasteiger partial charge in [-0.05, 0) is 97.2 Å². The number of nitrogens with two attached hydrogens (primary N) is 1. The second-order valence-corrected chi connectivity index (χ2v) is 17.1. The minimum atomic E-state index is -0.277. The van der Waals surface area contributed by atoms with Crippen molar-refractivity contribution in [2.75, 3.05) is 66.8 Å². The lowest BCUT2D eigenvalue weighted by atomic mass is 9.94. The van der Waals surface area contributed by atoms with Crippen molar-refractivity contribution >= 4 is 52.0 Å². The van der Waals surface area contributed by atoms with E-state index in [1.165, 1.54) is 17.8 Å². The van der Waals surface area contributed by atoms with Gasteiger partial charge >= 0.3 is 0 Å². The summed E-state index contributed by atoms with van der Waals surface area (Å²) in [6, 6.07) is 38.0. The number of nitrogens with one attached hydrogen (secondary N) is 2. The molecule has 0 bridgehead atoms. The van der Waals surface area contributed by atoms with Crippen LogP contribution in [0.2, 0.25) is 5.28 Å². The average molecular weight is 916 g/mol. The maximum absolute atomic E-state index is 12.0. The van der Waals surface area contributed by atoms with Crippen molar-refractivity contribution in [3.8, 4) is 34.7 Å². The van der Waals surface area contributed by atoms with Gasteiger partial charge in [-0.15, -0.1) is 0 Å².